The summed E-state index contributed by atoms with van der Waals surface area (Å²) >= 11 is 0. The summed E-state index contributed by atoms with van der Waals surface area (Å²) in [6.45, 7) is -0.112. The van der Waals surface area contributed by atoms with Gasteiger partial charge in [0.1, 0.15) is 5.76 Å². The van der Waals surface area contributed by atoms with Crippen LogP contribution < -0.4 is 0 Å². The second-order valence-electron chi connectivity index (χ2n) is 6.67. The summed E-state index contributed by atoms with van der Waals surface area (Å²) < 4.78 is 0. The Labute approximate surface area is 171 Å². The van der Waals surface area contributed by atoms with Gasteiger partial charge < -0.3 is 15.1 Å². The standard InChI is InChI=1S/C21H18N2O7/c24-16(25)11-6-12-22-18(14-9-4-5-10-15(14)23(29)30)17(20(27)21(22)28)19(26)13-7-2-1-3-8-13/h1-5,7-10,18,26H,6,11-12H2,(H,24,25)/b19-17+/t18-/m1/s1. The van der Waals surface area contributed by atoms with Crippen LogP contribution in [-0.4, -0.2) is 44.2 Å². The number of para-hydroxylation sites is 1. The van der Waals surface area contributed by atoms with Crippen LogP contribution in [0.4, 0.5) is 5.69 Å². The average Bonchev–Trinajstić information content (AvgIpc) is 2.98. The summed E-state index contributed by atoms with van der Waals surface area (Å²) in [7, 11) is 0. The number of carboxylic acids is 1. The fraction of sp³-hybridized carbons (Fsp3) is 0.190. The third kappa shape index (κ3) is 3.90. The molecule has 1 heterocycles. The summed E-state index contributed by atoms with van der Waals surface area (Å²) in [4.78, 5) is 48.4. The molecule has 9 nitrogen and oxygen atoms in total. The number of carbonyl (C=O) groups excluding carboxylic acids is 2. The largest absolute Gasteiger partial charge is 0.507 e. The van der Waals surface area contributed by atoms with Crippen LogP contribution >= 0.6 is 0 Å². The van der Waals surface area contributed by atoms with Crippen LogP contribution in [0.25, 0.3) is 5.76 Å². The fourth-order valence-corrected chi connectivity index (χ4v) is 3.47. The lowest BCUT2D eigenvalue weighted by Gasteiger charge is -2.24. The third-order valence-electron chi connectivity index (χ3n) is 4.80. The van der Waals surface area contributed by atoms with Crippen molar-refractivity contribution in [3.8, 4) is 0 Å². The van der Waals surface area contributed by atoms with Crippen LogP contribution in [0.15, 0.2) is 60.2 Å². The van der Waals surface area contributed by atoms with Gasteiger partial charge in [-0.25, -0.2) is 0 Å². The van der Waals surface area contributed by atoms with E-state index >= 15 is 0 Å². The molecule has 0 saturated carbocycles. The normalized spacial score (nSPS) is 17.9. The smallest absolute Gasteiger partial charge is 0.303 e. The maximum atomic E-state index is 12.8. The Balaban J connectivity index is 2.18. The van der Waals surface area contributed by atoms with E-state index in [1.165, 1.54) is 24.3 Å². The van der Waals surface area contributed by atoms with E-state index in [0.29, 0.717) is 0 Å². The number of aliphatic hydroxyl groups excluding tert-OH is 1. The number of amides is 1. The van der Waals surface area contributed by atoms with Gasteiger partial charge in [-0.15, -0.1) is 0 Å². The van der Waals surface area contributed by atoms with Gasteiger partial charge in [0, 0.05) is 24.6 Å². The number of aliphatic carboxylic acids is 1. The predicted octanol–water partition coefficient (Wildman–Crippen LogP) is 2.88. The maximum Gasteiger partial charge on any atom is 0.303 e. The Morgan fingerprint density at radius 2 is 1.67 bits per heavy atom. The number of Topliss-reactive ketones (excluding diaryl/α,β-unsaturated/α-hetero) is 1. The van der Waals surface area contributed by atoms with Gasteiger partial charge in [-0.05, 0) is 12.5 Å². The summed E-state index contributed by atoms with van der Waals surface area (Å²) in [5.41, 5.74) is -0.235. The second-order valence-corrected chi connectivity index (χ2v) is 6.67. The highest BCUT2D eigenvalue weighted by Gasteiger charge is 2.47. The SMILES string of the molecule is O=C(O)CCCN1C(=O)C(=O)/C(=C(/O)c2ccccc2)[C@H]1c1ccccc1[N+](=O)[O-]. The van der Waals surface area contributed by atoms with Gasteiger partial charge in [-0.1, -0.05) is 42.5 Å². The molecule has 0 bridgehead atoms. The van der Waals surface area contributed by atoms with E-state index in [4.69, 9.17) is 5.11 Å². The molecular weight excluding hydrogens is 392 g/mol. The number of benzene rings is 2. The van der Waals surface area contributed by atoms with Crippen LogP contribution in [0.1, 0.15) is 30.0 Å². The Morgan fingerprint density at radius 3 is 2.30 bits per heavy atom. The van der Waals surface area contributed by atoms with E-state index < -0.39 is 34.4 Å². The molecule has 1 fully saturated rings. The Kier molecular flexibility index (Phi) is 5.91. The van der Waals surface area contributed by atoms with Gasteiger partial charge in [-0.3, -0.25) is 24.5 Å². The van der Waals surface area contributed by atoms with E-state index in [0.717, 1.165) is 4.90 Å². The summed E-state index contributed by atoms with van der Waals surface area (Å²) in [5, 5.41) is 31.3. The van der Waals surface area contributed by atoms with Crippen molar-refractivity contribution < 1.29 is 29.5 Å². The van der Waals surface area contributed by atoms with Gasteiger partial charge in [0.25, 0.3) is 17.4 Å². The molecule has 1 amide bonds. The van der Waals surface area contributed by atoms with Gasteiger partial charge in [-0.2, -0.15) is 0 Å². The minimum absolute atomic E-state index is 0.0465. The molecule has 0 radical (unpaired) electrons. The maximum absolute atomic E-state index is 12.8. The molecule has 1 aliphatic heterocycles. The zero-order valence-corrected chi connectivity index (χ0v) is 15.7. The highest BCUT2D eigenvalue weighted by Crippen LogP contribution is 2.42. The Bertz CT molecular complexity index is 1050. The molecule has 2 aromatic rings. The van der Waals surface area contributed by atoms with Crippen molar-refractivity contribution >= 4 is 29.1 Å². The molecule has 0 aromatic heterocycles. The quantitative estimate of drug-likeness (QED) is 0.235. The summed E-state index contributed by atoms with van der Waals surface area (Å²) in [6, 6.07) is 12.5. The lowest BCUT2D eigenvalue weighted by molar-refractivity contribution is -0.385. The number of carboxylic acid groups (broad SMARTS) is 1. The molecule has 3 rings (SSSR count). The molecule has 0 unspecified atom stereocenters. The highest BCUT2D eigenvalue weighted by molar-refractivity contribution is 6.46. The first-order chi connectivity index (χ1) is 14.3. The van der Waals surface area contributed by atoms with E-state index in [9.17, 15) is 29.6 Å². The lowest BCUT2D eigenvalue weighted by atomic mass is 9.94. The fourth-order valence-electron chi connectivity index (χ4n) is 3.47. The van der Waals surface area contributed by atoms with Crippen molar-refractivity contribution in [1.29, 1.82) is 0 Å². The molecular formula is C21H18N2O7. The molecule has 1 aliphatic rings. The molecule has 2 aromatic carbocycles. The minimum Gasteiger partial charge on any atom is -0.507 e. The van der Waals surface area contributed by atoms with E-state index in [1.54, 1.807) is 30.3 Å². The number of hydrogen-bond donors (Lipinski definition) is 2. The minimum atomic E-state index is -1.21. The van der Waals surface area contributed by atoms with Crippen LogP contribution in [0, 0.1) is 10.1 Å². The van der Waals surface area contributed by atoms with E-state index in [1.807, 2.05) is 0 Å². The number of hydrogen-bond acceptors (Lipinski definition) is 6. The first-order valence-electron chi connectivity index (χ1n) is 9.12. The summed E-state index contributed by atoms with van der Waals surface area (Å²) in [6.07, 6.45) is -0.198. The van der Waals surface area contributed by atoms with E-state index in [-0.39, 0.29) is 41.8 Å². The van der Waals surface area contributed by atoms with Crippen LogP contribution in [0.3, 0.4) is 0 Å². The van der Waals surface area contributed by atoms with Crippen molar-refractivity contribution in [3.05, 3.63) is 81.4 Å². The monoisotopic (exact) mass is 410 g/mol. The molecule has 2 N–H and O–H groups in total. The number of aliphatic hydroxyl groups is 1. The first kappa shape index (κ1) is 20.7. The molecule has 9 heteroatoms. The molecule has 154 valence electrons. The number of rotatable bonds is 7. The average molecular weight is 410 g/mol. The second kappa shape index (κ2) is 8.56. The summed E-state index contributed by atoms with van der Waals surface area (Å²) in [5.74, 6) is -3.44. The predicted molar refractivity (Wildman–Crippen MR) is 105 cm³/mol. The topological polar surface area (TPSA) is 138 Å². The number of carbonyl (C=O) groups is 3. The van der Waals surface area contributed by atoms with Crippen LogP contribution in [0.5, 0.6) is 0 Å². The van der Waals surface area contributed by atoms with Crippen LogP contribution in [-0.2, 0) is 14.4 Å². The highest BCUT2D eigenvalue weighted by atomic mass is 16.6. The molecule has 30 heavy (non-hydrogen) atoms. The molecule has 0 aliphatic carbocycles. The zero-order valence-electron chi connectivity index (χ0n) is 15.7. The van der Waals surface area contributed by atoms with Gasteiger partial charge >= 0.3 is 5.97 Å². The Hall–Kier alpha value is -4.01. The lowest BCUT2D eigenvalue weighted by Crippen LogP contribution is -2.31. The van der Waals surface area contributed by atoms with Crippen molar-refractivity contribution in [2.45, 2.75) is 18.9 Å². The molecule has 0 spiro atoms. The van der Waals surface area contributed by atoms with Crippen LogP contribution in [0.2, 0.25) is 0 Å². The van der Waals surface area contributed by atoms with Gasteiger partial charge in [0.05, 0.1) is 22.1 Å². The van der Waals surface area contributed by atoms with Crippen molar-refractivity contribution in [3.63, 3.8) is 0 Å². The number of nitro benzene ring substituents is 1. The Morgan fingerprint density at radius 1 is 1.03 bits per heavy atom. The van der Waals surface area contributed by atoms with E-state index in [2.05, 4.69) is 0 Å². The third-order valence-corrected chi connectivity index (χ3v) is 4.80. The van der Waals surface area contributed by atoms with Crippen molar-refractivity contribution in [1.82, 2.24) is 4.90 Å². The zero-order chi connectivity index (χ0) is 21.8. The first-order valence-corrected chi connectivity index (χ1v) is 9.12. The number of ketones is 1. The number of likely N-dealkylation sites (tertiary alicyclic amines) is 1. The van der Waals surface area contributed by atoms with Gasteiger partial charge in [0.15, 0.2) is 0 Å². The number of nitro groups is 1. The number of nitrogens with zero attached hydrogens (tertiary/aromatic N) is 2. The molecule has 1 saturated heterocycles. The van der Waals surface area contributed by atoms with Gasteiger partial charge in [0.2, 0.25) is 0 Å². The molecule has 1 atom stereocenters. The van der Waals surface area contributed by atoms with Crippen molar-refractivity contribution in [2.75, 3.05) is 6.54 Å². The van der Waals surface area contributed by atoms with Crippen molar-refractivity contribution in [2.24, 2.45) is 0 Å².